The third kappa shape index (κ3) is 5.62. The molecule has 3 aliphatic heterocycles. The summed E-state index contributed by atoms with van der Waals surface area (Å²) in [6, 6.07) is 19.6. The monoisotopic (exact) mass is 462 g/mol. The van der Waals surface area contributed by atoms with E-state index in [0.29, 0.717) is 12.6 Å². The van der Waals surface area contributed by atoms with Crippen LogP contribution in [0.15, 0.2) is 54.6 Å². The zero-order valence-corrected chi connectivity index (χ0v) is 20.2. The molecule has 0 unspecified atom stereocenters. The number of rotatable bonds is 5. The van der Waals surface area contributed by atoms with Crippen molar-refractivity contribution in [2.24, 2.45) is 0 Å². The molecule has 0 aromatic heterocycles. The Morgan fingerprint density at radius 3 is 2.21 bits per heavy atom. The van der Waals surface area contributed by atoms with Gasteiger partial charge in [0.05, 0.1) is 6.10 Å². The van der Waals surface area contributed by atoms with Crippen LogP contribution in [0.5, 0.6) is 0 Å². The second-order valence-corrected chi connectivity index (χ2v) is 10.1. The fraction of sp³-hybridized carbons (Fsp3) is 0.536. The molecule has 0 spiro atoms. The second kappa shape index (κ2) is 10.9. The Hall–Kier alpha value is -2.41. The Balaban J connectivity index is 1.08. The van der Waals surface area contributed by atoms with E-state index in [-0.39, 0.29) is 12.0 Å². The normalized spacial score (nSPS) is 23.3. The molecule has 182 valence electrons. The van der Waals surface area contributed by atoms with Crippen LogP contribution in [0.3, 0.4) is 0 Å². The number of aliphatic hydroxyl groups excluding tert-OH is 1. The topological polar surface area (TPSA) is 50.3 Å². The van der Waals surface area contributed by atoms with Gasteiger partial charge in [0.1, 0.15) is 0 Å². The summed E-state index contributed by atoms with van der Waals surface area (Å²) in [5.74, 6) is 0.0374. The van der Waals surface area contributed by atoms with Crippen LogP contribution in [0, 0.1) is 0 Å². The molecule has 1 atom stereocenters. The van der Waals surface area contributed by atoms with Gasteiger partial charge in [0, 0.05) is 76.2 Å². The van der Waals surface area contributed by atoms with Crippen LogP contribution in [-0.2, 0) is 6.54 Å². The number of β-amino-alcohol motifs (C(OH)–C–C–N with tert-alkyl or cyclic N) is 1. The lowest BCUT2D eigenvalue weighted by Crippen LogP contribution is -2.53. The average Bonchev–Trinajstić information content (AvgIpc) is 2.90. The number of hydrogen-bond acceptors (Lipinski definition) is 5. The van der Waals surface area contributed by atoms with Gasteiger partial charge in [0.25, 0.3) is 5.91 Å². The van der Waals surface area contributed by atoms with Gasteiger partial charge < -0.3 is 14.9 Å². The van der Waals surface area contributed by atoms with E-state index in [9.17, 15) is 9.90 Å². The minimum atomic E-state index is -0.384. The highest BCUT2D eigenvalue weighted by atomic mass is 16.3. The Kier molecular flexibility index (Phi) is 7.48. The first-order valence-electron chi connectivity index (χ1n) is 13.0. The highest BCUT2D eigenvalue weighted by Crippen LogP contribution is 2.25. The molecule has 6 nitrogen and oxygen atoms in total. The van der Waals surface area contributed by atoms with Gasteiger partial charge in [0.15, 0.2) is 0 Å². The molecular formula is C28H38N4O2. The van der Waals surface area contributed by atoms with Crippen LogP contribution >= 0.6 is 0 Å². The van der Waals surface area contributed by atoms with Crippen molar-refractivity contribution < 1.29 is 9.90 Å². The van der Waals surface area contributed by atoms with Crippen LogP contribution < -0.4 is 4.90 Å². The van der Waals surface area contributed by atoms with E-state index in [1.807, 2.05) is 12.1 Å². The van der Waals surface area contributed by atoms with Gasteiger partial charge in [-0.3, -0.25) is 14.6 Å². The fourth-order valence-electron chi connectivity index (χ4n) is 5.75. The van der Waals surface area contributed by atoms with Crippen molar-refractivity contribution in [2.75, 3.05) is 57.3 Å². The van der Waals surface area contributed by atoms with E-state index in [1.54, 1.807) is 4.90 Å². The Bertz CT molecular complexity index is 919. The zero-order chi connectivity index (χ0) is 23.3. The van der Waals surface area contributed by atoms with E-state index in [1.165, 1.54) is 37.2 Å². The molecule has 3 fully saturated rings. The predicted molar refractivity (Wildman–Crippen MR) is 136 cm³/mol. The van der Waals surface area contributed by atoms with Crippen LogP contribution in [0.1, 0.15) is 41.6 Å². The standard InChI is InChI=1S/C28H38N4O2/c33-27-7-4-14-32(22-27)28(34)24-8-10-25(11-9-24)30-15-12-26(13-16-30)31-19-17-29(18-20-31)21-23-5-2-1-3-6-23/h1-3,5-6,8-11,26-27,33H,4,7,12-22H2/t27-/m0/s1. The van der Waals surface area contributed by atoms with E-state index >= 15 is 0 Å². The first-order chi connectivity index (χ1) is 16.7. The van der Waals surface area contributed by atoms with Crippen molar-refractivity contribution in [3.63, 3.8) is 0 Å². The fourth-order valence-corrected chi connectivity index (χ4v) is 5.75. The molecule has 2 aromatic carbocycles. The van der Waals surface area contributed by atoms with Gasteiger partial charge in [-0.2, -0.15) is 0 Å². The molecule has 1 N–H and O–H groups in total. The summed E-state index contributed by atoms with van der Waals surface area (Å²) >= 11 is 0. The first kappa shape index (κ1) is 23.3. The number of nitrogens with zero attached hydrogens (tertiary/aromatic N) is 4. The van der Waals surface area contributed by atoms with Crippen molar-refractivity contribution >= 4 is 11.6 Å². The number of anilines is 1. The molecule has 34 heavy (non-hydrogen) atoms. The number of carbonyl (C=O) groups excluding carboxylic acids is 1. The van der Waals surface area contributed by atoms with E-state index in [2.05, 4.69) is 57.2 Å². The molecule has 3 heterocycles. The SMILES string of the molecule is O=C(c1ccc(N2CCC(N3CCN(Cc4ccccc4)CC3)CC2)cc1)N1CCC[C@H](O)C1. The zero-order valence-electron chi connectivity index (χ0n) is 20.2. The molecule has 1 amide bonds. The van der Waals surface area contributed by atoms with Gasteiger partial charge in [-0.15, -0.1) is 0 Å². The van der Waals surface area contributed by atoms with Gasteiger partial charge >= 0.3 is 0 Å². The third-order valence-electron chi connectivity index (χ3n) is 7.80. The predicted octanol–water partition coefficient (Wildman–Crippen LogP) is 3.07. The van der Waals surface area contributed by atoms with E-state index in [0.717, 1.165) is 57.7 Å². The van der Waals surface area contributed by atoms with Gasteiger partial charge in [-0.25, -0.2) is 0 Å². The van der Waals surface area contributed by atoms with Crippen molar-refractivity contribution in [3.05, 3.63) is 65.7 Å². The maximum Gasteiger partial charge on any atom is 0.253 e. The highest BCUT2D eigenvalue weighted by Gasteiger charge is 2.28. The number of hydrogen-bond donors (Lipinski definition) is 1. The van der Waals surface area contributed by atoms with E-state index in [4.69, 9.17) is 0 Å². The van der Waals surface area contributed by atoms with Crippen molar-refractivity contribution in [2.45, 2.75) is 44.4 Å². The quantitative estimate of drug-likeness (QED) is 0.740. The highest BCUT2D eigenvalue weighted by molar-refractivity contribution is 5.94. The van der Waals surface area contributed by atoms with Crippen molar-refractivity contribution in [3.8, 4) is 0 Å². The lowest BCUT2D eigenvalue weighted by Gasteiger charge is -2.43. The summed E-state index contributed by atoms with van der Waals surface area (Å²) in [4.78, 5) is 22.3. The smallest absolute Gasteiger partial charge is 0.253 e. The maximum absolute atomic E-state index is 12.8. The van der Waals surface area contributed by atoms with Crippen molar-refractivity contribution in [1.82, 2.24) is 14.7 Å². The van der Waals surface area contributed by atoms with Gasteiger partial charge in [-0.05, 0) is 55.5 Å². The Morgan fingerprint density at radius 1 is 0.824 bits per heavy atom. The molecule has 0 aliphatic carbocycles. The number of amides is 1. The lowest BCUT2D eigenvalue weighted by atomic mass is 10.0. The van der Waals surface area contributed by atoms with Gasteiger partial charge in [-0.1, -0.05) is 30.3 Å². The summed E-state index contributed by atoms with van der Waals surface area (Å²) in [7, 11) is 0. The number of benzene rings is 2. The molecule has 0 bridgehead atoms. The number of piperidine rings is 2. The van der Waals surface area contributed by atoms with E-state index < -0.39 is 0 Å². The molecule has 0 saturated carbocycles. The molecule has 5 rings (SSSR count). The number of carbonyl (C=O) groups is 1. The number of aliphatic hydroxyl groups is 1. The van der Waals surface area contributed by atoms with Gasteiger partial charge in [0.2, 0.25) is 0 Å². The summed E-state index contributed by atoms with van der Waals surface area (Å²) in [6.45, 7) is 9.03. The summed E-state index contributed by atoms with van der Waals surface area (Å²) in [6.07, 6.45) is 3.69. The summed E-state index contributed by atoms with van der Waals surface area (Å²) in [5, 5.41) is 9.87. The Labute approximate surface area is 203 Å². The molecule has 2 aromatic rings. The molecule has 3 saturated heterocycles. The third-order valence-corrected chi connectivity index (χ3v) is 7.80. The summed E-state index contributed by atoms with van der Waals surface area (Å²) in [5.41, 5.74) is 3.34. The van der Waals surface area contributed by atoms with Crippen molar-refractivity contribution in [1.29, 1.82) is 0 Å². The average molecular weight is 463 g/mol. The van der Waals surface area contributed by atoms with Crippen LogP contribution in [0.2, 0.25) is 0 Å². The molecular weight excluding hydrogens is 424 g/mol. The largest absolute Gasteiger partial charge is 0.391 e. The number of likely N-dealkylation sites (tertiary alicyclic amines) is 1. The van der Waals surface area contributed by atoms with Crippen LogP contribution in [0.25, 0.3) is 0 Å². The Morgan fingerprint density at radius 2 is 1.53 bits per heavy atom. The lowest BCUT2D eigenvalue weighted by molar-refractivity contribution is 0.0474. The van der Waals surface area contributed by atoms with Crippen LogP contribution in [-0.4, -0.2) is 90.2 Å². The molecule has 6 heteroatoms. The summed E-state index contributed by atoms with van der Waals surface area (Å²) < 4.78 is 0. The molecule has 3 aliphatic rings. The second-order valence-electron chi connectivity index (χ2n) is 10.1. The maximum atomic E-state index is 12.8. The minimum Gasteiger partial charge on any atom is -0.391 e. The van der Waals surface area contributed by atoms with Crippen LogP contribution in [0.4, 0.5) is 5.69 Å². The molecule has 0 radical (unpaired) electrons. The number of piperazine rings is 1. The first-order valence-corrected chi connectivity index (χ1v) is 13.0. The minimum absolute atomic E-state index is 0.0374.